The smallest absolute Gasteiger partial charge is 0.416 e. The molecule has 0 bridgehead atoms. The molecule has 11 heteroatoms. The number of amides is 1. The van der Waals surface area contributed by atoms with Crippen LogP contribution in [0.3, 0.4) is 0 Å². The van der Waals surface area contributed by atoms with Crippen LogP contribution < -0.4 is 5.32 Å². The number of nitrogens with one attached hydrogen (secondary N) is 1. The third kappa shape index (κ3) is 7.59. The van der Waals surface area contributed by atoms with Crippen LogP contribution in [0.2, 0.25) is 0 Å². The zero-order chi connectivity index (χ0) is 21.5. The number of halogens is 3. The lowest BCUT2D eigenvalue weighted by Crippen LogP contribution is -2.41. The van der Waals surface area contributed by atoms with Gasteiger partial charge in [0, 0.05) is 29.9 Å². The molecule has 0 aliphatic rings. The first kappa shape index (κ1) is 23.5. The Morgan fingerprint density at radius 2 is 1.64 bits per heavy atom. The summed E-state index contributed by atoms with van der Waals surface area (Å²) in [6, 6.07) is 2.20. The lowest BCUT2D eigenvalue weighted by atomic mass is 9.95. The molecule has 0 saturated heterocycles. The minimum atomic E-state index is -4.56. The standard InChI is InChI=1S/C17H18F3NO6S/c1-9(22)21-13(16(26)27)8-28-7-11(6-14(23)24)15(25)10-2-4-12(5-3-10)17(18,19)20/h2-5,11,13H,6-8H2,1H3,(H,21,22)(H,23,24)(H,26,27)/t11?,13-/m0/s1. The summed E-state index contributed by atoms with van der Waals surface area (Å²) >= 11 is 0.952. The highest BCUT2D eigenvalue weighted by atomic mass is 32.2. The molecule has 1 rings (SSSR count). The van der Waals surface area contributed by atoms with Gasteiger partial charge >= 0.3 is 18.1 Å². The quantitative estimate of drug-likeness (QED) is 0.496. The molecule has 0 fully saturated rings. The van der Waals surface area contributed by atoms with E-state index in [1.807, 2.05) is 0 Å². The lowest BCUT2D eigenvalue weighted by Gasteiger charge is -2.17. The minimum absolute atomic E-state index is 0.0727. The maximum absolute atomic E-state index is 12.6. The second-order valence-corrected chi connectivity index (χ2v) is 6.94. The highest BCUT2D eigenvalue weighted by molar-refractivity contribution is 7.99. The first-order valence-corrected chi connectivity index (χ1v) is 9.08. The Bertz CT molecular complexity index is 735. The lowest BCUT2D eigenvalue weighted by molar-refractivity contribution is -0.141. The number of rotatable bonds is 10. The Morgan fingerprint density at radius 3 is 2.07 bits per heavy atom. The molecule has 0 aliphatic carbocycles. The van der Waals surface area contributed by atoms with Crippen LogP contribution in [0, 0.1) is 5.92 Å². The molecule has 1 amide bonds. The molecule has 0 spiro atoms. The van der Waals surface area contributed by atoms with Crippen molar-refractivity contribution in [2.45, 2.75) is 25.6 Å². The normalized spacial score (nSPS) is 13.4. The number of aliphatic carboxylic acids is 2. The summed E-state index contributed by atoms with van der Waals surface area (Å²) < 4.78 is 37.8. The van der Waals surface area contributed by atoms with Gasteiger partial charge in [-0.05, 0) is 12.1 Å². The minimum Gasteiger partial charge on any atom is -0.481 e. The second kappa shape index (κ2) is 10.1. The second-order valence-electron chi connectivity index (χ2n) is 5.86. The maximum atomic E-state index is 12.6. The van der Waals surface area contributed by atoms with Crippen LogP contribution in [-0.2, 0) is 20.6 Å². The van der Waals surface area contributed by atoms with Gasteiger partial charge in [-0.3, -0.25) is 14.4 Å². The van der Waals surface area contributed by atoms with Crippen LogP contribution in [0.4, 0.5) is 13.2 Å². The summed E-state index contributed by atoms with van der Waals surface area (Å²) in [5.74, 6) is -5.02. The third-order valence-corrected chi connectivity index (χ3v) is 4.77. The van der Waals surface area contributed by atoms with Crippen LogP contribution in [0.25, 0.3) is 0 Å². The molecule has 0 aliphatic heterocycles. The molecule has 2 atom stereocenters. The SMILES string of the molecule is CC(=O)N[C@@H](CSCC(CC(=O)O)C(=O)c1ccc(C(F)(F)F)cc1)C(=O)O. The maximum Gasteiger partial charge on any atom is 0.416 e. The van der Waals surface area contributed by atoms with Crippen molar-refractivity contribution >= 4 is 35.4 Å². The van der Waals surface area contributed by atoms with E-state index in [-0.39, 0.29) is 17.1 Å². The fourth-order valence-corrected chi connectivity index (χ4v) is 3.40. The summed E-state index contributed by atoms with van der Waals surface area (Å²) in [5, 5.41) is 20.2. The summed E-state index contributed by atoms with van der Waals surface area (Å²) in [4.78, 5) is 45.6. The molecule has 0 heterocycles. The van der Waals surface area contributed by atoms with Crippen LogP contribution in [0.15, 0.2) is 24.3 Å². The monoisotopic (exact) mass is 421 g/mol. The van der Waals surface area contributed by atoms with Crippen LogP contribution in [-0.4, -0.2) is 51.4 Å². The van der Waals surface area contributed by atoms with Crippen molar-refractivity contribution in [1.82, 2.24) is 5.32 Å². The number of hydrogen-bond acceptors (Lipinski definition) is 5. The molecule has 1 aromatic carbocycles. The molecule has 154 valence electrons. The number of carboxylic acid groups (broad SMARTS) is 2. The van der Waals surface area contributed by atoms with E-state index in [1.165, 1.54) is 0 Å². The number of Topliss-reactive ketones (excluding diaryl/α,β-unsaturated/α-hetero) is 1. The summed E-state index contributed by atoms with van der Waals surface area (Å²) in [5.41, 5.74) is -1.01. The number of thioether (sulfide) groups is 1. The van der Waals surface area contributed by atoms with Gasteiger partial charge in [-0.2, -0.15) is 24.9 Å². The molecule has 1 unspecified atom stereocenters. The van der Waals surface area contributed by atoms with E-state index in [4.69, 9.17) is 10.2 Å². The van der Waals surface area contributed by atoms with Gasteiger partial charge < -0.3 is 15.5 Å². The van der Waals surface area contributed by atoms with E-state index in [0.29, 0.717) is 0 Å². The highest BCUT2D eigenvalue weighted by Crippen LogP contribution is 2.29. The number of benzene rings is 1. The van der Waals surface area contributed by atoms with Gasteiger partial charge in [0.15, 0.2) is 5.78 Å². The molecule has 0 aromatic heterocycles. The molecule has 3 N–H and O–H groups in total. The predicted octanol–water partition coefficient (Wildman–Crippen LogP) is 2.30. The van der Waals surface area contributed by atoms with E-state index in [1.54, 1.807) is 0 Å². The van der Waals surface area contributed by atoms with Gasteiger partial charge in [-0.15, -0.1) is 0 Å². The molecule has 28 heavy (non-hydrogen) atoms. The number of carbonyl (C=O) groups excluding carboxylic acids is 2. The highest BCUT2D eigenvalue weighted by Gasteiger charge is 2.31. The van der Waals surface area contributed by atoms with E-state index < -0.39 is 53.7 Å². The molecular weight excluding hydrogens is 403 g/mol. The zero-order valence-corrected chi connectivity index (χ0v) is 15.5. The van der Waals surface area contributed by atoms with E-state index in [2.05, 4.69) is 5.32 Å². The first-order valence-electron chi connectivity index (χ1n) is 7.92. The third-order valence-electron chi connectivity index (χ3n) is 3.57. The summed E-state index contributed by atoms with van der Waals surface area (Å²) in [7, 11) is 0. The predicted molar refractivity (Wildman–Crippen MR) is 94.1 cm³/mol. The van der Waals surface area contributed by atoms with E-state index >= 15 is 0 Å². The van der Waals surface area contributed by atoms with Crippen molar-refractivity contribution < 1.29 is 42.6 Å². The van der Waals surface area contributed by atoms with Gasteiger partial charge in [-0.25, -0.2) is 4.79 Å². The van der Waals surface area contributed by atoms with Crippen molar-refractivity contribution in [3.05, 3.63) is 35.4 Å². The van der Waals surface area contributed by atoms with E-state index in [0.717, 1.165) is 43.0 Å². The van der Waals surface area contributed by atoms with Gasteiger partial charge in [0.25, 0.3) is 0 Å². The van der Waals surface area contributed by atoms with Crippen LogP contribution >= 0.6 is 11.8 Å². The molecule has 7 nitrogen and oxygen atoms in total. The van der Waals surface area contributed by atoms with Crippen molar-refractivity contribution in [2.75, 3.05) is 11.5 Å². The average Bonchev–Trinajstić information content (AvgIpc) is 2.57. The number of alkyl halides is 3. The molecular formula is C17H18F3NO6S. The largest absolute Gasteiger partial charge is 0.481 e. The Kier molecular flexibility index (Phi) is 8.48. The topological polar surface area (TPSA) is 121 Å². The van der Waals surface area contributed by atoms with Gasteiger partial charge in [0.2, 0.25) is 5.91 Å². The van der Waals surface area contributed by atoms with Crippen molar-refractivity contribution in [2.24, 2.45) is 5.92 Å². The van der Waals surface area contributed by atoms with Crippen molar-refractivity contribution in [1.29, 1.82) is 0 Å². The fraction of sp³-hybridized carbons (Fsp3) is 0.412. The van der Waals surface area contributed by atoms with Crippen LogP contribution in [0.1, 0.15) is 29.3 Å². The number of hydrogen-bond donors (Lipinski definition) is 3. The molecule has 0 saturated carbocycles. The van der Waals surface area contributed by atoms with Gasteiger partial charge in [-0.1, -0.05) is 12.1 Å². The molecule has 0 radical (unpaired) electrons. The Morgan fingerprint density at radius 1 is 1.07 bits per heavy atom. The van der Waals surface area contributed by atoms with Crippen molar-refractivity contribution in [3.63, 3.8) is 0 Å². The van der Waals surface area contributed by atoms with Crippen molar-refractivity contribution in [3.8, 4) is 0 Å². The Hall–Kier alpha value is -2.56. The zero-order valence-electron chi connectivity index (χ0n) is 14.7. The fourth-order valence-electron chi connectivity index (χ4n) is 2.25. The number of ketones is 1. The Balaban J connectivity index is 2.84. The van der Waals surface area contributed by atoms with Gasteiger partial charge in [0.1, 0.15) is 6.04 Å². The molecule has 1 aromatic rings. The average molecular weight is 421 g/mol. The summed E-state index contributed by atoms with van der Waals surface area (Å²) in [6.45, 7) is 1.14. The Labute approximate surface area is 162 Å². The summed E-state index contributed by atoms with van der Waals surface area (Å²) in [6.07, 6.45) is -5.13. The van der Waals surface area contributed by atoms with Gasteiger partial charge in [0.05, 0.1) is 12.0 Å². The number of carboxylic acids is 2. The first-order chi connectivity index (χ1) is 12.9. The number of carbonyl (C=O) groups is 4. The van der Waals surface area contributed by atoms with E-state index in [9.17, 15) is 32.3 Å². The van der Waals surface area contributed by atoms with Crippen LogP contribution in [0.5, 0.6) is 0 Å².